The predicted octanol–water partition coefficient (Wildman–Crippen LogP) is 5.61. The lowest BCUT2D eigenvalue weighted by molar-refractivity contribution is -0.151. The fraction of sp³-hybridized carbons (Fsp3) is 0.500. The van der Waals surface area contributed by atoms with Gasteiger partial charge in [0.1, 0.15) is 5.69 Å². The molecule has 174 valence electrons. The van der Waals surface area contributed by atoms with Gasteiger partial charge in [0.05, 0.1) is 5.69 Å². The summed E-state index contributed by atoms with van der Waals surface area (Å²) < 4.78 is 13.2. The van der Waals surface area contributed by atoms with E-state index in [0.29, 0.717) is 12.2 Å². The van der Waals surface area contributed by atoms with Crippen LogP contribution in [0.25, 0.3) is 11.3 Å². The number of allylic oxidation sites excluding steroid dienone is 1. The van der Waals surface area contributed by atoms with E-state index in [4.69, 9.17) is 9.47 Å². The number of carbonyl (C=O) groups is 1. The molecule has 0 aliphatic heterocycles. The highest BCUT2D eigenvalue weighted by Gasteiger charge is 2.21. The molecule has 0 unspecified atom stereocenters. The maximum Gasteiger partial charge on any atom is 0.308 e. The molecular weight excluding hydrogens is 402 g/mol. The monoisotopic (exact) mass is 439 g/mol. The second-order valence-electron chi connectivity index (χ2n) is 9.02. The minimum absolute atomic E-state index is 0.0585. The van der Waals surface area contributed by atoms with E-state index in [2.05, 4.69) is 55.1 Å². The smallest absolute Gasteiger partial charge is 0.308 e. The van der Waals surface area contributed by atoms with E-state index in [1.807, 2.05) is 27.8 Å². The van der Waals surface area contributed by atoms with Gasteiger partial charge in [-0.05, 0) is 36.8 Å². The summed E-state index contributed by atoms with van der Waals surface area (Å²) in [5.74, 6) is 0.326. The van der Waals surface area contributed by atoms with Crippen LogP contribution in [-0.4, -0.2) is 35.8 Å². The van der Waals surface area contributed by atoms with E-state index >= 15 is 0 Å². The van der Waals surface area contributed by atoms with Crippen LogP contribution in [0.1, 0.15) is 75.0 Å². The molecule has 0 radical (unpaired) electrons. The number of benzene rings is 1. The van der Waals surface area contributed by atoms with E-state index in [-0.39, 0.29) is 18.2 Å². The van der Waals surface area contributed by atoms with Gasteiger partial charge in [0, 0.05) is 37.9 Å². The number of aromatic nitrogens is 2. The summed E-state index contributed by atoms with van der Waals surface area (Å²) in [6.07, 6.45) is 3.91. The minimum Gasteiger partial charge on any atom is -0.454 e. The molecule has 1 aromatic carbocycles. The Kier molecular flexibility index (Phi) is 8.81. The molecule has 6 nitrogen and oxygen atoms in total. The highest BCUT2D eigenvalue weighted by atomic mass is 16.7. The molecule has 2 aromatic rings. The molecule has 0 aliphatic rings. The van der Waals surface area contributed by atoms with Gasteiger partial charge in [-0.25, -0.2) is 0 Å². The summed E-state index contributed by atoms with van der Waals surface area (Å²) >= 11 is 0. The molecular formula is C26H37N3O3. The van der Waals surface area contributed by atoms with Gasteiger partial charge in [0.2, 0.25) is 6.79 Å². The van der Waals surface area contributed by atoms with E-state index < -0.39 is 0 Å². The van der Waals surface area contributed by atoms with Gasteiger partial charge < -0.3 is 9.47 Å². The molecule has 0 aliphatic carbocycles. The molecule has 32 heavy (non-hydrogen) atoms. The van der Waals surface area contributed by atoms with Crippen molar-refractivity contribution in [2.45, 2.75) is 66.2 Å². The lowest BCUT2D eigenvalue weighted by Crippen LogP contribution is -2.12. The van der Waals surface area contributed by atoms with E-state index in [0.717, 1.165) is 40.9 Å². The first-order chi connectivity index (χ1) is 15.1. The molecule has 0 bridgehead atoms. The van der Waals surface area contributed by atoms with E-state index in [9.17, 15) is 4.79 Å². The average molecular weight is 440 g/mol. The summed E-state index contributed by atoms with van der Waals surface area (Å²) in [6.45, 7) is 12.4. The Morgan fingerprint density at radius 2 is 1.81 bits per heavy atom. The average Bonchev–Trinajstić information content (AvgIpc) is 2.99. The van der Waals surface area contributed by atoms with Crippen LogP contribution < -0.4 is 0 Å². The second kappa shape index (κ2) is 11.1. The zero-order chi connectivity index (χ0) is 23.9. The molecule has 0 fully saturated rings. The number of aryl methyl sites for hydroxylation is 2. The van der Waals surface area contributed by atoms with Crippen LogP contribution >= 0.6 is 0 Å². The number of nitrogens with zero attached hydrogens (tertiary/aromatic N) is 3. The van der Waals surface area contributed by atoms with Gasteiger partial charge in [0.15, 0.2) is 5.76 Å². The highest BCUT2D eigenvalue weighted by Crippen LogP contribution is 2.31. The minimum atomic E-state index is -0.260. The van der Waals surface area contributed by atoms with Crippen molar-refractivity contribution in [3.63, 3.8) is 0 Å². The van der Waals surface area contributed by atoms with Crippen molar-refractivity contribution in [1.82, 2.24) is 9.78 Å². The van der Waals surface area contributed by atoms with Crippen molar-refractivity contribution < 1.29 is 14.3 Å². The number of hydrogen-bond acceptors (Lipinski definition) is 5. The zero-order valence-corrected chi connectivity index (χ0v) is 20.8. The van der Waals surface area contributed by atoms with Crippen molar-refractivity contribution in [1.29, 1.82) is 0 Å². The van der Waals surface area contributed by atoms with Crippen molar-refractivity contribution in [2.24, 2.45) is 12.0 Å². The maximum atomic E-state index is 12.0. The van der Waals surface area contributed by atoms with Gasteiger partial charge in [-0.15, -0.1) is 0 Å². The fourth-order valence-corrected chi connectivity index (χ4v) is 3.45. The Morgan fingerprint density at radius 1 is 1.16 bits per heavy atom. The van der Waals surface area contributed by atoms with Crippen molar-refractivity contribution in [3.8, 4) is 0 Å². The van der Waals surface area contributed by atoms with Crippen LogP contribution in [0.4, 0.5) is 0 Å². The number of esters is 1. The number of rotatable bonds is 9. The molecule has 0 N–H and O–H groups in total. The lowest BCUT2D eigenvalue weighted by Gasteiger charge is -2.20. The quantitative estimate of drug-likeness (QED) is 0.220. The molecule has 0 spiro atoms. The number of unbranched alkanes of at least 4 members (excludes halogenated alkanes) is 1. The third-order valence-electron chi connectivity index (χ3n) is 5.46. The fourth-order valence-electron chi connectivity index (χ4n) is 3.45. The standard InChI is InChI=1S/C26H37N3O3/c1-9-10-11-23(30)31-17-32-25(24-18(2)19(3)28-29(24)8)22(16-27-7)20-12-14-21(15-13-20)26(4,5)6/h12-16H,9-11,17H2,1-8H3/b25-22-,27-16?. The SMILES string of the molecule is CCCCC(=O)OCO/C(=C(/C=NC)c1ccc(C(C)(C)C)cc1)c1c(C)c(C)nn1C. The Balaban J connectivity index is 2.53. The summed E-state index contributed by atoms with van der Waals surface area (Å²) in [5, 5.41) is 4.55. The summed E-state index contributed by atoms with van der Waals surface area (Å²) in [6, 6.07) is 8.41. The van der Waals surface area contributed by atoms with Gasteiger partial charge in [-0.2, -0.15) is 5.10 Å². The zero-order valence-electron chi connectivity index (χ0n) is 20.8. The molecule has 0 saturated carbocycles. The van der Waals surface area contributed by atoms with Crippen LogP contribution in [0.3, 0.4) is 0 Å². The van der Waals surface area contributed by atoms with E-state index in [1.165, 1.54) is 5.56 Å². The van der Waals surface area contributed by atoms with E-state index in [1.54, 1.807) is 17.9 Å². The van der Waals surface area contributed by atoms with Crippen LogP contribution in [0.2, 0.25) is 0 Å². The van der Waals surface area contributed by atoms with Crippen LogP contribution in [-0.2, 0) is 26.7 Å². The van der Waals surface area contributed by atoms with Crippen molar-refractivity contribution in [3.05, 3.63) is 52.3 Å². The summed E-state index contributed by atoms with van der Waals surface area (Å²) in [7, 11) is 3.61. The summed E-state index contributed by atoms with van der Waals surface area (Å²) in [4.78, 5) is 16.3. The van der Waals surface area contributed by atoms with Crippen molar-refractivity contribution in [2.75, 3.05) is 13.8 Å². The van der Waals surface area contributed by atoms with Crippen molar-refractivity contribution >= 4 is 23.5 Å². The largest absolute Gasteiger partial charge is 0.454 e. The van der Waals surface area contributed by atoms with Crippen LogP contribution in [0, 0.1) is 13.8 Å². The topological polar surface area (TPSA) is 65.7 Å². The van der Waals surface area contributed by atoms with Gasteiger partial charge in [0.25, 0.3) is 0 Å². The molecule has 6 heteroatoms. The Labute approximate surface area is 192 Å². The molecule has 2 rings (SSSR count). The maximum absolute atomic E-state index is 12.0. The number of aliphatic imine (C=N–C) groups is 1. The molecule has 0 saturated heterocycles. The first kappa shape index (κ1) is 25.4. The third-order valence-corrected chi connectivity index (χ3v) is 5.46. The number of carbonyl (C=O) groups excluding carboxylic acids is 1. The number of ether oxygens (including phenoxy) is 2. The second-order valence-corrected chi connectivity index (χ2v) is 9.02. The first-order valence-electron chi connectivity index (χ1n) is 11.2. The number of hydrogen-bond donors (Lipinski definition) is 0. The Hall–Kier alpha value is -2.89. The molecule has 0 amide bonds. The third kappa shape index (κ3) is 6.31. The Morgan fingerprint density at radius 3 is 2.31 bits per heavy atom. The van der Waals surface area contributed by atoms with Gasteiger partial charge >= 0.3 is 5.97 Å². The predicted molar refractivity (Wildman–Crippen MR) is 131 cm³/mol. The Bertz CT molecular complexity index is 977. The molecule has 1 heterocycles. The normalized spacial score (nSPS) is 12.8. The van der Waals surface area contributed by atoms with Gasteiger partial charge in [-0.1, -0.05) is 58.4 Å². The van der Waals surface area contributed by atoms with Crippen LogP contribution in [0.15, 0.2) is 29.3 Å². The van der Waals surface area contributed by atoms with Crippen LogP contribution in [0.5, 0.6) is 0 Å². The highest BCUT2D eigenvalue weighted by molar-refractivity contribution is 6.18. The first-order valence-corrected chi connectivity index (χ1v) is 11.2. The molecule has 0 atom stereocenters. The molecule has 1 aromatic heterocycles. The summed E-state index contributed by atoms with van der Waals surface area (Å²) in [5.41, 5.74) is 5.84. The van der Waals surface area contributed by atoms with Gasteiger partial charge in [-0.3, -0.25) is 14.5 Å². The lowest BCUT2D eigenvalue weighted by atomic mass is 9.86.